The summed E-state index contributed by atoms with van der Waals surface area (Å²) >= 11 is 0. The van der Waals surface area contributed by atoms with Crippen molar-refractivity contribution in [3.8, 4) is 0 Å². The highest BCUT2D eigenvalue weighted by molar-refractivity contribution is 5.67. The molecule has 0 N–H and O–H groups in total. The molecule has 2 unspecified atom stereocenters. The summed E-state index contributed by atoms with van der Waals surface area (Å²) in [4.78, 5) is 0. The summed E-state index contributed by atoms with van der Waals surface area (Å²) in [6.45, 7) is 9.61. The average molecular weight is 481 g/mol. The van der Waals surface area contributed by atoms with E-state index in [0.29, 0.717) is 22.7 Å². The molecule has 0 saturated carbocycles. The van der Waals surface area contributed by atoms with Gasteiger partial charge in [-0.2, -0.15) is 0 Å². The van der Waals surface area contributed by atoms with E-state index in [0.717, 1.165) is 0 Å². The molecule has 2 atom stereocenters. The van der Waals surface area contributed by atoms with Crippen LogP contribution in [0, 0.1) is 0 Å². The van der Waals surface area contributed by atoms with Gasteiger partial charge in [0.05, 0.1) is 0 Å². The van der Waals surface area contributed by atoms with E-state index in [1.165, 1.54) is 93.7 Å². The Morgan fingerprint density at radius 1 is 0.611 bits per heavy atom. The van der Waals surface area contributed by atoms with E-state index >= 15 is 0 Å². The van der Waals surface area contributed by atoms with Gasteiger partial charge in [0, 0.05) is 11.8 Å². The smallest absolute Gasteiger partial charge is 0.00276 e. The van der Waals surface area contributed by atoms with Gasteiger partial charge in [-0.3, -0.25) is 0 Å². The minimum absolute atomic E-state index is 0.388. The lowest BCUT2D eigenvalue weighted by Gasteiger charge is -2.49. The minimum Gasteiger partial charge on any atom is -0.0764 e. The number of benzene rings is 2. The molecule has 0 heteroatoms. The minimum atomic E-state index is 0.388. The fourth-order valence-electron chi connectivity index (χ4n) is 8.44. The molecule has 0 saturated heterocycles. The van der Waals surface area contributed by atoms with Crippen LogP contribution < -0.4 is 0 Å². The van der Waals surface area contributed by atoms with E-state index in [-0.39, 0.29) is 0 Å². The molecule has 0 spiro atoms. The summed E-state index contributed by atoms with van der Waals surface area (Å²) in [6, 6.07) is 14.4. The van der Waals surface area contributed by atoms with Gasteiger partial charge in [-0.1, -0.05) is 114 Å². The predicted octanol–water partition coefficient (Wildman–Crippen LogP) is 10.9. The molecule has 0 nitrogen and oxygen atoms in total. The monoisotopic (exact) mass is 480 g/mol. The number of rotatable bonds is 11. The molecule has 2 aromatic carbocycles. The van der Waals surface area contributed by atoms with Crippen LogP contribution in [0.1, 0.15) is 150 Å². The largest absolute Gasteiger partial charge is 0.0764 e. The maximum atomic E-state index is 2.75. The second-order valence-electron chi connectivity index (χ2n) is 12.2. The summed E-state index contributed by atoms with van der Waals surface area (Å²) in [6.07, 6.45) is 25.6. The van der Waals surface area contributed by atoms with Gasteiger partial charge in [0.25, 0.3) is 0 Å². The number of hydrogen-bond acceptors (Lipinski definition) is 0. The topological polar surface area (TPSA) is 0 Å². The third-order valence-electron chi connectivity index (χ3n) is 9.96. The Hall–Kier alpha value is -2.08. The first-order valence-electron chi connectivity index (χ1n) is 15.2. The number of fused-ring (bicyclic) bond motifs is 3. The van der Waals surface area contributed by atoms with Crippen LogP contribution in [-0.4, -0.2) is 0 Å². The van der Waals surface area contributed by atoms with Crippen molar-refractivity contribution >= 4 is 12.2 Å². The van der Waals surface area contributed by atoms with Crippen molar-refractivity contribution in [2.75, 3.05) is 0 Å². The maximum Gasteiger partial charge on any atom is 0.00276 e. The SMILES string of the molecule is CCCC1(CCC)CCC(CCC)(CCC)c2cc3c(cc21)C=CC3CCC1C=Cc2ccccc21. The van der Waals surface area contributed by atoms with Gasteiger partial charge in [-0.25, -0.2) is 0 Å². The fraction of sp³-hybridized carbons (Fsp3) is 0.556. The molecular weight excluding hydrogens is 432 g/mol. The molecule has 3 aliphatic rings. The van der Waals surface area contributed by atoms with Crippen molar-refractivity contribution < 1.29 is 0 Å². The summed E-state index contributed by atoms with van der Waals surface area (Å²) < 4.78 is 0. The van der Waals surface area contributed by atoms with E-state index in [9.17, 15) is 0 Å². The molecule has 0 aromatic heterocycles. The van der Waals surface area contributed by atoms with E-state index in [1.807, 2.05) is 0 Å². The van der Waals surface area contributed by atoms with Crippen molar-refractivity contribution in [1.82, 2.24) is 0 Å². The summed E-state index contributed by atoms with van der Waals surface area (Å²) in [5, 5.41) is 0. The molecule has 0 aliphatic heterocycles. The van der Waals surface area contributed by atoms with Crippen molar-refractivity contribution in [3.63, 3.8) is 0 Å². The summed E-state index contributed by atoms with van der Waals surface area (Å²) in [5.74, 6) is 1.15. The maximum absolute atomic E-state index is 2.75. The molecule has 0 heterocycles. The second-order valence-corrected chi connectivity index (χ2v) is 12.2. The second kappa shape index (κ2) is 10.7. The zero-order valence-electron chi connectivity index (χ0n) is 23.4. The third kappa shape index (κ3) is 4.44. The van der Waals surface area contributed by atoms with Crippen LogP contribution >= 0.6 is 0 Å². The Morgan fingerprint density at radius 3 is 1.69 bits per heavy atom. The van der Waals surface area contributed by atoms with Gasteiger partial charge in [0.2, 0.25) is 0 Å². The lowest BCUT2D eigenvalue weighted by atomic mass is 9.55. The van der Waals surface area contributed by atoms with Crippen molar-refractivity contribution in [1.29, 1.82) is 0 Å². The number of hydrogen-bond donors (Lipinski definition) is 0. The van der Waals surface area contributed by atoms with Gasteiger partial charge in [0.1, 0.15) is 0 Å². The predicted molar refractivity (Wildman–Crippen MR) is 158 cm³/mol. The molecular formula is C36H48. The molecule has 0 radical (unpaired) electrons. The lowest BCUT2D eigenvalue weighted by molar-refractivity contribution is 0.214. The molecule has 192 valence electrons. The first-order chi connectivity index (χ1) is 17.6. The Kier molecular flexibility index (Phi) is 7.62. The van der Waals surface area contributed by atoms with E-state index in [4.69, 9.17) is 0 Å². The van der Waals surface area contributed by atoms with Crippen LogP contribution in [0.3, 0.4) is 0 Å². The van der Waals surface area contributed by atoms with Crippen molar-refractivity contribution in [2.24, 2.45) is 0 Å². The Bertz CT molecular complexity index is 1100. The van der Waals surface area contributed by atoms with Crippen LogP contribution in [0.2, 0.25) is 0 Å². The van der Waals surface area contributed by atoms with Crippen LogP contribution in [0.4, 0.5) is 0 Å². The van der Waals surface area contributed by atoms with E-state index in [2.05, 4.69) is 88.4 Å². The van der Waals surface area contributed by atoms with Gasteiger partial charge in [-0.05, 0) is 95.6 Å². The van der Waals surface area contributed by atoms with Gasteiger partial charge >= 0.3 is 0 Å². The molecule has 0 bridgehead atoms. The van der Waals surface area contributed by atoms with Gasteiger partial charge < -0.3 is 0 Å². The van der Waals surface area contributed by atoms with Crippen LogP contribution in [0.5, 0.6) is 0 Å². The van der Waals surface area contributed by atoms with Gasteiger partial charge in [-0.15, -0.1) is 0 Å². The standard InChI is InChI=1S/C36H48/c1-5-19-35(20-6-2)23-24-36(21-7-3,22-8-4)34-26-32-29(17-18-30(32)25-33(34)35)16-15-28-14-13-27-11-9-10-12-31(27)28/h9-14,17-18,25-26,28-29H,5-8,15-16,19-24H2,1-4H3. The van der Waals surface area contributed by atoms with Crippen LogP contribution in [0.25, 0.3) is 12.2 Å². The first kappa shape index (κ1) is 25.6. The fourth-order valence-corrected chi connectivity index (χ4v) is 8.44. The lowest BCUT2D eigenvalue weighted by Crippen LogP contribution is -2.41. The molecule has 0 amide bonds. The first-order valence-corrected chi connectivity index (χ1v) is 15.2. The highest BCUT2D eigenvalue weighted by Crippen LogP contribution is 2.55. The Balaban J connectivity index is 1.50. The highest BCUT2D eigenvalue weighted by atomic mass is 14.5. The van der Waals surface area contributed by atoms with Crippen LogP contribution in [-0.2, 0) is 10.8 Å². The number of allylic oxidation sites excluding steroid dienone is 2. The van der Waals surface area contributed by atoms with Gasteiger partial charge in [0.15, 0.2) is 0 Å². The Labute approximate surface area is 221 Å². The van der Waals surface area contributed by atoms with Crippen LogP contribution in [0.15, 0.2) is 48.6 Å². The molecule has 0 fully saturated rings. The Morgan fingerprint density at radius 2 is 1.11 bits per heavy atom. The zero-order valence-corrected chi connectivity index (χ0v) is 23.4. The summed E-state index contributed by atoms with van der Waals surface area (Å²) in [5.41, 5.74) is 10.4. The quantitative estimate of drug-likeness (QED) is 0.300. The summed E-state index contributed by atoms with van der Waals surface area (Å²) in [7, 11) is 0. The van der Waals surface area contributed by atoms with E-state index in [1.54, 1.807) is 16.7 Å². The zero-order chi connectivity index (χ0) is 25.2. The molecule has 36 heavy (non-hydrogen) atoms. The van der Waals surface area contributed by atoms with Crippen molar-refractivity contribution in [3.05, 3.63) is 81.9 Å². The van der Waals surface area contributed by atoms with Crippen molar-refractivity contribution in [2.45, 2.75) is 127 Å². The highest BCUT2D eigenvalue weighted by Gasteiger charge is 2.45. The average Bonchev–Trinajstić information content (AvgIpc) is 3.48. The third-order valence-corrected chi connectivity index (χ3v) is 9.96. The van der Waals surface area contributed by atoms with E-state index < -0.39 is 0 Å². The molecule has 3 aliphatic carbocycles. The normalized spacial score (nSPS) is 22.4. The molecule has 2 aromatic rings. The molecule has 5 rings (SSSR count).